The Morgan fingerprint density at radius 1 is 1.12 bits per heavy atom. The molecule has 5 heteroatoms. The van der Waals surface area contributed by atoms with Gasteiger partial charge in [0.25, 0.3) is 0 Å². The number of esters is 2. The van der Waals surface area contributed by atoms with Gasteiger partial charge in [-0.3, -0.25) is 0 Å². The van der Waals surface area contributed by atoms with E-state index in [4.69, 9.17) is 0 Å². The van der Waals surface area contributed by atoms with E-state index in [-0.39, 0.29) is 36.4 Å². The molecule has 0 aromatic carbocycles. The third-order valence-electron chi connectivity index (χ3n) is 0.547. The van der Waals surface area contributed by atoms with Crippen molar-refractivity contribution in [2.45, 2.75) is 0 Å². The van der Waals surface area contributed by atoms with Crippen LogP contribution < -0.4 is 0 Å². The summed E-state index contributed by atoms with van der Waals surface area (Å²) < 4.78 is 8.11. The van der Waals surface area contributed by atoms with E-state index in [0.717, 1.165) is 0 Å². The van der Waals surface area contributed by atoms with Crippen molar-refractivity contribution in [3.63, 3.8) is 0 Å². The van der Waals surface area contributed by atoms with Crippen molar-refractivity contribution in [2.24, 2.45) is 0 Å². The molecule has 0 aromatic rings. The summed E-state index contributed by atoms with van der Waals surface area (Å²) in [5.74, 6) is -1.81. The molecule has 1 aliphatic heterocycles. The van der Waals surface area contributed by atoms with Crippen molar-refractivity contribution in [1.29, 1.82) is 0 Å². The van der Waals surface area contributed by atoms with Crippen LogP contribution in [-0.2, 0) is 19.1 Å². The quantitative estimate of drug-likeness (QED) is 0.228. The number of cyclic esters (lactones) is 2. The normalized spacial score (nSPS) is 16.5. The van der Waals surface area contributed by atoms with Crippen LogP contribution in [0.1, 0.15) is 0 Å². The molecule has 0 unspecified atom stereocenters. The fraction of sp³-hybridized carbons (Fsp3) is 0.333. The maximum absolute atomic E-state index is 9.88. The number of carbonyl (C=O) groups excluding carboxylic acids is 2. The second kappa shape index (κ2) is 3.06. The van der Waals surface area contributed by atoms with Gasteiger partial charge in [0.05, 0.1) is 0 Å². The van der Waals surface area contributed by atoms with Crippen molar-refractivity contribution < 1.29 is 19.1 Å². The van der Waals surface area contributed by atoms with Gasteiger partial charge in [-0.05, 0) is 0 Å². The average Bonchev–Trinajstić information content (AvgIpc) is 1.91. The van der Waals surface area contributed by atoms with Gasteiger partial charge in [0, 0.05) is 29.6 Å². The van der Waals surface area contributed by atoms with Crippen LogP contribution >= 0.6 is 0 Å². The Bertz CT molecular complexity index is 106. The Hall–Kier alpha value is -0.0600. The van der Waals surface area contributed by atoms with Crippen molar-refractivity contribution in [3.05, 3.63) is 0 Å². The van der Waals surface area contributed by atoms with Gasteiger partial charge in [-0.15, -0.1) is 0 Å². The third-order valence-corrected chi connectivity index (χ3v) is 0.547. The molecule has 0 bridgehead atoms. The minimum absolute atomic E-state index is 0. The molecule has 1 rings (SSSR count). The molecule has 8 heavy (non-hydrogen) atoms. The van der Waals surface area contributed by atoms with E-state index < -0.39 is 11.9 Å². The van der Waals surface area contributed by atoms with Crippen molar-refractivity contribution in [3.8, 4) is 0 Å². The summed E-state index contributed by atoms with van der Waals surface area (Å²) in [5, 5.41) is 0. The van der Waals surface area contributed by atoms with Crippen LogP contribution in [0.4, 0.5) is 0 Å². The topological polar surface area (TPSA) is 52.6 Å². The van der Waals surface area contributed by atoms with E-state index >= 15 is 0 Å². The monoisotopic (exact) mass is 125 g/mol. The van der Waals surface area contributed by atoms with Gasteiger partial charge in [-0.1, -0.05) is 0 Å². The molecular weight excluding hydrogens is 123 g/mol. The Morgan fingerprint density at radius 2 is 1.50 bits per heavy atom. The molecule has 39 valence electrons. The molecule has 0 N–H and O–H groups in total. The van der Waals surface area contributed by atoms with Gasteiger partial charge in [0.1, 0.15) is 0 Å². The van der Waals surface area contributed by atoms with E-state index in [1.165, 1.54) is 0 Å². The van der Waals surface area contributed by atoms with E-state index in [1.807, 2.05) is 0 Å². The predicted molar refractivity (Wildman–Crippen MR) is 22.8 cm³/mol. The molecule has 1 saturated heterocycles. The van der Waals surface area contributed by atoms with Gasteiger partial charge >= 0.3 is 11.9 Å². The first-order valence-electron chi connectivity index (χ1n) is 1.64. The Kier molecular flexibility index (Phi) is 3.04. The van der Waals surface area contributed by atoms with Gasteiger partial charge in [0.15, 0.2) is 0 Å². The summed E-state index contributed by atoms with van der Waals surface area (Å²) in [5.41, 5.74) is 0. The molecule has 1 fully saturated rings. The molecule has 1 aliphatic rings. The molecule has 0 saturated carbocycles. The first kappa shape index (κ1) is 7.94. The molecule has 0 spiro atoms. The van der Waals surface area contributed by atoms with E-state index in [9.17, 15) is 9.59 Å². The van der Waals surface area contributed by atoms with Crippen LogP contribution in [0.25, 0.3) is 0 Å². The summed E-state index contributed by atoms with van der Waals surface area (Å²) in [6, 6.07) is 0. The molecule has 4 nitrogen and oxygen atoms in total. The zero-order chi connectivity index (χ0) is 5.28. The fourth-order valence-electron chi connectivity index (χ4n) is 0.254. The van der Waals surface area contributed by atoms with Crippen LogP contribution in [-0.4, -0.2) is 48.3 Å². The van der Waals surface area contributed by atoms with Crippen molar-refractivity contribution >= 4 is 41.5 Å². The molecule has 0 amide bonds. The second-order valence-electron chi connectivity index (χ2n) is 0.981. The van der Waals surface area contributed by atoms with Gasteiger partial charge in [0.2, 0.25) is 6.79 Å². The van der Waals surface area contributed by atoms with E-state index in [1.54, 1.807) is 0 Å². The van der Waals surface area contributed by atoms with Crippen LogP contribution in [0.2, 0.25) is 0 Å². The van der Waals surface area contributed by atoms with Crippen molar-refractivity contribution in [2.75, 3.05) is 6.79 Å². The molecule has 0 aliphatic carbocycles. The number of hydrogen-bond donors (Lipinski definition) is 0. The standard InChI is InChI=1S/C3H2O4.Na/c4-2-3(5)7-1-6-2;/h1H2;. The van der Waals surface area contributed by atoms with Crippen LogP contribution in [0.3, 0.4) is 0 Å². The van der Waals surface area contributed by atoms with E-state index in [2.05, 4.69) is 9.47 Å². The van der Waals surface area contributed by atoms with Gasteiger partial charge in [-0.2, -0.15) is 0 Å². The summed E-state index contributed by atoms with van der Waals surface area (Å²) in [6.45, 7) is -0.225. The number of rotatable bonds is 0. The Labute approximate surface area is 67.4 Å². The third kappa shape index (κ3) is 1.47. The average molecular weight is 125 g/mol. The Morgan fingerprint density at radius 3 is 1.62 bits per heavy atom. The number of ether oxygens (including phenoxy) is 2. The molecule has 0 atom stereocenters. The maximum Gasteiger partial charge on any atom is 0.420 e. The first-order chi connectivity index (χ1) is 3.30. The zero-order valence-corrected chi connectivity index (χ0v) is 6.34. The minimum Gasteiger partial charge on any atom is -0.419 e. The largest absolute Gasteiger partial charge is 0.420 e. The van der Waals surface area contributed by atoms with Gasteiger partial charge in [-0.25, -0.2) is 9.59 Å². The second-order valence-corrected chi connectivity index (χ2v) is 0.981. The SMILES string of the molecule is O=C1OCOC1=O.[Na]. The fourth-order valence-corrected chi connectivity index (χ4v) is 0.254. The molecular formula is C3H2NaO4. The van der Waals surface area contributed by atoms with Crippen molar-refractivity contribution in [1.82, 2.24) is 0 Å². The van der Waals surface area contributed by atoms with E-state index in [0.29, 0.717) is 0 Å². The van der Waals surface area contributed by atoms with Crippen LogP contribution in [0, 0.1) is 0 Å². The zero-order valence-electron chi connectivity index (χ0n) is 4.34. The van der Waals surface area contributed by atoms with Crippen LogP contribution in [0.15, 0.2) is 0 Å². The predicted octanol–water partition coefficient (Wildman–Crippen LogP) is -1.34. The molecule has 1 heterocycles. The summed E-state index contributed by atoms with van der Waals surface area (Å²) in [7, 11) is 0. The maximum atomic E-state index is 9.88. The first-order valence-corrected chi connectivity index (χ1v) is 1.64. The number of carbonyl (C=O) groups is 2. The minimum atomic E-state index is -0.903. The van der Waals surface area contributed by atoms with Crippen LogP contribution in [0.5, 0.6) is 0 Å². The summed E-state index contributed by atoms with van der Waals surface area (Å²) in [6.07, 6.45) is 0. The molecule has 0 aromatic heterocycles. The smallest absolute Gasteiger partial charge is 0.419 e. The molecule has 1 radical (unpaired) electrons. The Balaban J connectivity index is 0.000000490. The number of hydrogen-bond acceptors (Lipinski definition) is 4. The summed E-state index contributed by atoms with van der Waals surface area (Å²) >= 11 is 0. The van der Waals surface area contributed by atoms with Gasteiger partial charge < -0.3 is 9.47 Å². The summed E-state index contributed by atoms with van der Waals surface area (Å²) in [4.78, 5) is 19.8.